The first-order valence-electron chi connectivity index (χ1n) is 45.3. The van der Waals surface area contributed by atoms with E-state index >= 15 is 0 Å². The molecule has 0 amide bonds. The van der Waals surface area contributed by atoms with Gasteiger partial charge in [0, 0.05) is 129 Å². The van der Waals surface area contributed by atoms with Crippen LogP contribution in [0, 0.1) is 165 Å². The average Bonchev–Trinajstić information content (AvgIpc) is 1.59. The minimum absolute atomic E-state index is 0. The number of aliphatic hydroxyl groups is 1. The summed E-state index contributed by atoms with van der Waals surface area (Å²) in [6.07, 6.45) is 28.5. The van der Waals surface area contributed by atoms with Crippen LogP contribution in [-0.4, -0.2) is 236 Å². The fourth-order valence-corrected chi connectivity index (χ4v) is 16.2. The molecule has 144 heavy (non-hydrogen) atoms. The highest BCUT2D eigenvalue weighted by Crippen LogP contribution is 2.41. The zero-order valence-electron chi connectivity index (χ0n) is 81.7. The first kappa shape index (κ1) is 113. The molecule has 17 rings (SSSR count). The van der Waals surface area contributed by atoms with Crippen LogP contribution in [0.3, 0.4) is 0 Å². The second-order valence-electron chi connectivity index (χ2n) is 34.5. The third-order valence-electron chi connectivity index (χ3n) is 22.0. The van der Waals surface area contributed by atoms with Crippen molar-refractivity contribution in [3.8, 4) is 178 Å². The van der Waals surface area contributed by atoms with Crippen LogP contribution in [0.1, 0.15) is 64.8 Å². The number of aromatic nitrogens is 16. The quantitative estimate of drug-likeness (QED) is 0.0250. The van der Waals surface area contributed by atoms with Crippen molar-refractivity contribution in [3.63, 3.8) is 0 Å². The fraction of sp³-hybridized carbons (Fsp3) is 0.352. The summed E-state index contributed by atoms with van der Waals surface area (Å²) in [5.41, 5.74) is 9.44. The summed E-state index contributed by atoms with van der Waals surface area (Å²) in [4.78, 5) is 65.3. The first-order chi connectivity index (χ1) is 69.3. The van der Waals surface area contributed by atoms with Gasteiger partial charge in [0.05, 0.1) is 103 Å². The van der Waals surface area contributed by atoms with Crippen molar-refractivity contribution >= 4 is 130 Å². The summed E-state index contributed by atoms with van der Waals surface area (Å²) < 4.78 is 53.3. The maximum atomic E-state index is 9.69. The molecule has 0 spiro atoms. The maximum absolute atomic E-state index is 9.69. The second-order valence-corrected chi connectivity index (χ2v) is 46.6. The molecular weight excluding hydrogens is 1950 g/mol. The Balaban J connectivity index is 0.000000195. The molecule has 0 aliphatic carbocycles. The molecule has 5 aliphatic rings. The van der Waals surface area contributed by atoms with Crippen LogP contribution in [-0.2, 0) is 57.9 Å². The number of aromatic amines is 1. The van der Waals surface area contributed by atoms with E-state index in [0.29, 0.717) is 105 Å². The molecule has 734 valence electrons. The lowest BCUT2D eigenvalue weighted by Gasteiger charge is -2.32. The average molecular weight is 2060 g/mol. The summed E-state index contributed by atoms with van der Waals surface area (Å²) in [6.45, 7) is 37.9. The zero-order valence-corrected chi connectivity index (χ0v) is 87.5. The van der Waals surface area contributed by atoms with Crippen LogP contribution in [0.25, 0.3) is 77.9 Å². The Morgan fingerprint density at radius 2 is 0.764 bits per heavy atom. The van der Waals surface area contributed by atoms with Crippen LogP contribution in [0.4, 0.5) is 23.3 Å². The molecule has 5 fully saturated rings. The Morgan fingerprint density at radius 3 is 1.12 bits per heavy atom. The molecule has 2 unspecified atom stereocenters. The highest BCUT2D eigenvalue weighted by Gasteiger charge is 2.53. The van der Waals surface area contributed by atoms with Gasteiger partial charge in [0.2, 0.25) is 0 Å². The number of morpholine rings is 4. The number of terminal acetylenes is 3. The van der Waals surface area contributed by atoms with E-state index < -0.39 is 34.5 Å². The number of nitriles is 4. The number of nitrogens with zero attached hydrogens (tertiary/aromatic N) is 23. The van der Waals surface area contributed by atoms with Crippen molar-refractivity contribution in [1.29, 1.82) is 21.0 Å². The van der Waals surface area contributed by atoms with Crippen molar-refractivity contribution < 1.29 is 42.8 Å². The van der Waals surface area contributed by atoms with Crippen LogP contribution in [0.2, 0.25) is 51.4 Å². The summed E-state index contributed by atoms with van der Waals surface area (Å²) in [5, 5.41) is 49.2. The number of pyridine rings is 4. The van der Waals surface area contributed by atoms with Crippen LogP contribution < -0.4 is 25.1 Å². The molecule has 2 atom stereocenters. The van der Waals surface area contributed by atoms with E-state index in [1.807, 2.05) is 53.4 Å². The van der Waals surface area contributed by atoms with Gasteiger partial charge in [-0.3, -0.25) is 0 Å². The second kappa shape index (κ2) is 57.4. The molecule has 12 aromatic heterocycles. The van der Waals surface area contributed by atoms with Crippen LogP contribution >= 0.6 is 33.8 Å². The number of fused-ring (bicyclic) bond motifs is 4. The topological polar surface area (TPSA) is 387 Å². The van der Waals surface area contributed by atoms with Crippen molar-refractivity contribution in [2.24, 2.45) is 0 Å². The summed E-state index contributed by atoms with van der Waals surface area (Å²) >= 11 is 3.14. The van der Waals surface area contributed by atoms with E-state index in [2.05, 4.69) is 315 Å². The normalized spacial score (nSPS) is 13.8. The number of aliphatic hydroxyl groups excluding tert-OH is 1. The van der Waals surface area contributed by atoms with E-state index in [0.717, 1.165) is 173 Å². The molecule has 17 heterocycles. The number of H-pyrrole nitrogens is 1. The van der Waals surface area contributed by atoms with E-state index in [4.69, 9.17) is 72.8 Å². The summed E-state index contributed by atoms with van der Waals surface area (Å²) in [7, 11) is 1.87. The van der Waals surface area contributed by atoms with Crippen molar-refractivity contribution in [1.82, 2.24) is 78.5 Å². The monoisotopic (exact) mass is 2060 g/mol. The molecule has 39 heteroatoms. The van der Waals surface area contributed by atoms with Gasteiger partial charge in [-0.05, 0) is 206 Å². The van der Waals surface area contributed by atoms with E-state index in [1.165, 1.54) is 6.33 Å². The molecule has 0 aromatic carbocycles. The van der Waals surface area contributed by atoms with Gasteiger partial charge in [0.15, 0.2) is 0 Å². The number of nitrogens with one attached hydrogen (secondary N) is 1. The highest BCUT2D eigenvalue weighted by atomic mass is 79.9. The van der Waals surface area contributed by atoms with Crippen molar-refractivity contribution in [2.75, 3.05) is 138 Å². The molecule has 5 aliphatic heterocycles. The Morgan fingerprint density at radius 1 is 0.438 bits per heavy atom. The van der Waals surface area contributed by atoms with Gasteiger partial charge >= 0.3 is 7.12 Å². The van der Waals surface area contributed by atoms with Crippen LogP contribution in [0.15, 0.2) is 127 Å². The lowest BCUT2D eigenvalue weighted by Crippen LogP contribution is -2.41. The van der Waals surface area contributed by atoms with Gasteiger partial charge in [0.1, 0.15) is 143 Å². The minimum Gasteiger partial charge on any atom is -0.399 e. The Hall–Kier alpha value is -14.7. The van der Waals surface area contributed by atoms with Gasteiger partial charge in [-0.15, -0.1) is 37.1 Å². The lowest BCUT2D eigenvalue weighted by atomic mass is 9.79. The third kappa shape index (κ3) is 32.4. The number of anilines is 4. The molecular formula is C105H112BBrN24O9P2Si2. The fourth-order valence-electron chi connectivity index (χ4n) is 14.3. The molecule has 5 saturated heterocycles. The first-order valence-corrected chi connectivity index (χ1v) is 56.2. The zero-order chi connectivity index (χ0) is 103. The van der Waals surface area contributed by atoms with Crippen molar-refractivity contribution in [2.45, 2.75) is 125 Å². The summed E-state index contributed by atoms with van der Waals surface area (Å²) in [6, 6.07) is 31.8. The number of halogens is 1. The third-order valence-corrected chi connectivity index (χ3v) is 25.9. The molecule has 0 saturated carbocycles. The molecule has 0 radical (unpaired) electrons. The minimum atomic E-state index is -1.16. The SMILES string of the molecule is C.C#CC#CC#CC#CC#C.C#CC#CC#CC#CC#CC.CC1(C)OB(c2cn(COCC[Si](C)(C)C)c3ncnc(N4CCOCC4)c23)OC1(C)C.C[Si](C)(C)CCOCn1cc(-c2cccc(C#N)n2)c2c(N3CCOCC3)ncnc21.N#Cc1cccc(-c2c[nH]c3ncnc(N4CCOCC4)c23)n1.N#Cc1cccc(-c2cn(CO)c3ncnc(N4CCOCC4)c23)n1.N#Cc1cccc(Br)n1.PP. The number of ether oxygens (including phenoxy) is 6. The molecule has 33 nitrogen and oxygen atoms in total. The van der Waals surface area contributed by atoms with Crippen LogP contribution in [0.5, 0.6) is 0 Å². The predicted octanol–water partition coefficient (Wildman–Crippen LogP) is 13.2. The van der Waals surface area contributed by atoms with Gasteiger partial charge in [0.25, 0.3) is 0 Å². The van der Waals surface area contributed by atoms with Gasteiger partial charge in [-0.2, -0.15) is 21.0 Å². The number of hydrogen-bond donors (Lipinski definition) is 2. The largest absolute Gasteiger partial charge is 0.497 e. The molecule has 2 N–H and O–H groups in total. The molecule has 12 aromatic rings. The van der Waals surface area contributed by atoms with Gasteiger partial charge < -0.3 is 81.1 Å². The molecule has 0 bridgehead atoms. The Bertz CT molecular complexity index is 7180. The predicted molar refractivity (Wildman–Crippen MR) is 578 cm³/mol. The summed E-state index contributed by atoms with van der Waals surface area (Å²) in [5.74, 6) is 43.8. The maximum Gasteiger partial charge on any atom is 0.497 e. The standard InChI is InChI=1S/C22H37BN4O4Si.C22H28N6O2Si.C17H16N6O2.C16H14N6O.C11H4.C10H2.C6H3BrN2.CH4.H4P2/c1-21(2)22(3,4)31-23(30-21)17-14-27(16-29-12-13-32(5,6)7)20-18(17)19(24-15-25-20)26-8-10-28-11-9-26;1-31(2,3)12-11-30-16-28-14-18(19-6-4-5-17(13-23)26-19)20-21(24-15-25-22(20)28)27-7-9-29-10-8-27;18-8-12-2-1-3-14(21-12)13-9-23(11-24)17-15(13)16(19-10-20-17)22-4-6-25-7-5-22;17-8-11-2-1-3-13(21-11)12-9-18-15-14(12)16(20-10-19-15)22-4-6-23-7-5-22;1-3-5-7-9-11-10-8-6-4-2;1-3-5-7-9-10-8-6-4-2;7-6-3-1-2-5(4-8)9-6;;1-2/h14-15H,8-13,16H2,1-7H3;4-6,14-15H,7-12,16H2,1-3H3;1-3,9-10,24H,4-7,11H2;1-3,9-10H,4-7H2,(H,18,19,20);1H,2H3;1-2H;1-3H;1H4;1-2H2. The smallest absolute Gasteiger partial charge is 0.399 e. The lowest BCUT2D eigenvalue weighted by molar-refractivity contribution is 0.00578. The number of hydrogen-bond acceptors (Lipinski definition) is 29. The van der Waals surface area contributed by atoms with E-state index in [9.17, 15) is 10.4 Å². The van der Waals surface area contributed by atoms with Gasteiger partial charge in [-0.25, -0.2) is 59.8 Å². The Labute approximate surface area is 857 Å². The van der Waals surface area contributed by atoms with E-state index in [-0.39, 0.29) is 14.2 Å². The Kier molecular flexibility index (Phi) is 45.0. The van der Waals surface area contributed by atoms with Gasteiger partial charge in [-0.1, -0.05) is 76.9 Å². The highest BCUT2D eigenvalue weighted by molar-refractivity contribution is 9.10. The number of rotatable bonds is 19. The van der Waals surface area contributed by atoms with Crippen molar-refractivity contribution in [3.05, 3.63) is 150 Å². The van der Waals surface area contributed by atoms with E-state index in [1.54, 1.807) is 79.1 Å².